The Bertz CT molecular complexity index is 780. The summed E-state index contributed by atoms with van der Waals surface area (Å²) in [7, 11) is 1.64. The summed E-state index contributed by atoms with van der Waals surface area (Å²) in [6.45, 7) is 1.54. The second kappa shape index (κ2) is 7.11. The molecule has 23 heavy (non-hydrogen) atoms. The van der Waals surface area contributed by atoms with Gasteiger partial charge >= 0.3 is 0 Å². The first-order valence-corrected chi connectivity index (χ1v) is 7.56. The monoisotopic (exact) mass is 309 g/mol. The minimum Gasteiger partial charge on any atom is -0.472 e. The molecule has 3 aromatic rings. The van der Waals surface area contributed by atoms with Crippen molar-refractivity contribution in [2.45, 2.75) is 6.54 Å². The van der Waals surface area contributed by atoms with Crippen molar-refractivity contribution >= 4 is 16.7 Å². The predicted octanol–water partition coefficient (Wildman–Crippen LogP) is 3.72. The van der Waals surface area contributed by atoms with E-state index in [0.717, 1.165) is 16.3 Å². The van der Waals surface area contributed by atoms with Crippen molar-refractivity contribution in [2.75, 3.05) is 20.3 Å². The van der Waals surface area contributed by atoms with Gasteiger partial charge in [0.05, 0.1) is 19.1 Å². The van der Waals surface area contributed by atoms with Crippen molar-refractivity contribution < 1.29 is 13.9 Å². The summed E-state index contributed by atoms with van der Waals surface area (Å²) in [5.41, 5.74) is 1.65. The molecule has 0 aliphatic rings. The molecule has 1 aromatic heterocycles. The number of benzene rings is 2. The van der Waals surface area contributed by atoms with Crippen LogP contribution in [0.5, 0.6) is 0 Å². The first kappa shape index (κ1) is 15.3. The molecule has 0 fully saturated rings. The largest absolute Gasteiger partial charge is 0.472 e. The molecule has 4 heteroatoms. The summed E-state index contributed by atoms with van der Waals surface area (Å²) in [6, 6.07) is 15.7. The summed E-state index contributed by atoms with van der Waals surface area (Å²) >= 11 is 0. The number of carbonyl (C=O) groups excluding carboxylic acids is 1. The highest BCUT2D eigenvalue weighted by Gasteiger charge is 2.16. The molecule has 1 amide bonds. The number of amides is 1. The van der Waals surface area contributed by atoms with E-state index in [0.29, 0.717) is 25.3 Å². The Morgan fingerprint density at radius 2 is 1.96 bits per heavy atom. The van der Waals surface area contributed by atoms with Crippen LogP contribution in [0.25, 0.3) is 10.8 Å². The Labute approximate surface area is 135 Å². The Morgan fingerprint density at radius 3 is 2.70 bits per heavy atom. The van der Waals surface area contributed by atoms with Crippen LogP contribution in [-0.4, -0.2) is 31.1 Å². The van der Waals surface area contributed by atoms with Gasteiger partial charge in [-0.05, 0) is 29.0 Å². The van der Waals surface area contributed by atoms with Crippen LogP contribution in [0.15, 0.2) is 65.5 Å². The number of fused-ring (bicyclic) bond motifs is 1. The van der Waals surface area contributed by atoms with Crippen LogP contribution in [0.2, 0.25) is 0 Å². The number of nitrogens with zero attached hydrogens (tertiary/aromatic N) is 1. The topological polar surface area (TPSA) is 42.7 Å². The van der Waals surface area contributed by atoms with Gasteiger partial charge in [-0.25, -0.2) is 0 Å². The number of methoxy groups -OCH3 is 1. The minimum absolute atomic E-state index is 0.00555. The lowest BCUT2D eigenvalue weighted by Gasteiger charge is -2.22. The number of carbonyl (C=O) groups is 1. The van der Waals surface area contributed by atoms with Crippen LogP contribution in [0.3, 0.4) is 0 Å². The average Bonchev–Trinajstić information content (AvgIpc) is 3.10. The first-order chi connectivity index (χ1) is 11.3. The van der Waals surface area contributed by atoms with Crippen molar-refractivity contribution in [1.82, 2.24) is 4.90 Å². The molecule has 4 nitrogen and oxygen atoms in total. The van der Waals surface area contributed by atoms with Crippen LogP contribution in [0.1, 0.15) is 15.9 Å². The Kier molecular flexibility index (Phi) is 4.74. The third-order valence-corrected chi connectivity index (χ3v) is 3.80. The summed E-state index contributed by atoms with van der Waals surface area (Å²) in [4.78, 5) is 14.6. The lowest BCUT2D eigenvalue weighted by molar-refractivity contribution is 0.0680. The van der Waals surface area contributed by atoms with Crippen LogP contribution >= 0.6 is 0 Å². The molecule has 0 spiro atoms. The van der Waals surface area contributed by atoms with Gasteiger partial charge in [-0.15, -0.1) is 0 Å². The van der Waals surface area contributed by atoms with Crippen molar-refractivity contribution in [1.29, 1.82) is 0 Å². The van der Waals surface area contributed by atoms with Gasteiger partial charge in [0, 0.05) is 31.3 Å². The zero-order chi connectivity index (χ0) is 16.1. The lowest BCUT2D eigenvalue weighted by atomic mass is 10.1. The SMILES string of the molecule is COCCN(Cc1ccoc1)C(=O)c1ccc2ccccc2c1. The fourth-order valence-electron chi connectivity index (χ4n) is 2.56. The molecule has 0 N–H and O–H groups in total. The van der Waals surface area contributed by atoms with E-state index < -0.39 is 0 Å². The van der Waals surface area contributed by atoms with Crippen molar-refractivity contribution in [3.8, 4) is 0 Å². The van der Waals surface area contributed by atoms with Crippen LogP contribution in [0, 0.1) is 0 Å². The van der Waals surface area contributed by atoms with E-state index >= 15 is 0 Å². The molecule has 0 aliphatic carbocycles. The van der Waals surface area contributed by atoms with E-state index in [1.54, 1.807) is 24.5 Å². The van der Waals surface area contributed by atoms with Gasteiger partial charge in [-0.3, -0.25) is 4.79 Å². The highest BCUT2D eigenvalue weighted by molar-refractivity contribution is 5.98. The quantitative estimate of drug-likeness (QED) is 0.697. The molecule has 0 aliphatic heterocycles. The van der Waals surface area contributed by atoms with E-state index in [2.05, 4.69) is 0 Å². The summed E-state index contributed by atoms with van der Waals surface area (Å²) in [5, 5.41) is 2.19. The Hall–Kier alpha value is -2.59. The molecule has 0 saturated carbocycles. The zero-order valence-electron chi connectivity index (χ0n) is 13.1. The van der Waals surface area contributed by atoms with Crippen LogP contribution in [-0.2, 0) is 11.3 Å². The second-order valence-electron chi connectivity index (χ2n) is 5.41. The third-order valence-electron chi connectivity index (χ3n) is 3.80. The highest BCUT2D eigenvalue weighted by Crippen LogP contribution is 2.18. The van der Waals surface area contributed by atoms with Crippen LogP contribution in [0.4, 0.5) is 0 Å². The van der Waals surface area contributed by atoms with E-state index in [-0.39, 0.29) is 5.91 Å². The average molecular weight is 309 g/mol. The van der Waals surface area contributed by atoms with E-state index in [4.69, 9.17) is 9.15 Å². The molecule has 0 atom stereocenters. The molecule has 3 rings (SSSR count). The number of rotatable bonds is 6. The predicted molar refractivity (Wildman–Crippen MR) is 89.3 cm³/mol. The van der Waals surface area contributed by atoms with Gasteiger partial charge in [-0.1, -0.05) is 30.3 Å². The van der Waals surface area contributed by atoms with Crippen molar-refractivity contribution in [2.24, 2.45) is 0 Å². The Balaban J connectivity index is 1.85. The summed E-state index contributed by atoms with van der Waals surface area (Å²) in [6.07, 6.45) is 3.28. The molecule has 0 saturated heterocycles. The molecular weight excluding hydrogens is 290 g/mol. The minimum atomic E-state index is -0.00555. The van der Waals surface area contributed by atoms with Crippen molar-refractivity contribution in [3.05, 3.63) is 72.2 Å². The van der Waals surface area contributed by atoms with E-state index in [1.165, 1.54) is 0 Å². The number of ether oxygens (including phenoxy) is 1. The molecule has 0 unspecified atom stereocenters. The fourth-order valence-corrected chi connectivity index (χ4v) is 2.56. The maximum absolute atomic E-state index is 12.9. The van der Waals surface area contributed by atoms with Gasteiger partial charge in [0.1, 0.15) is 0 Å². The molecule has 0 bridgehead atoms. The smallest absolute Gasteiger partial charge is 0.254 e. The zero-order valence-corrected chi connectivity index (χ0v) is 13.1. The maximum atomic E-state index is 12.9. The molecular formula is C19H19NO3. The van der Waals surface area contributed by atoms with Gasteiger partial charge in [-0.2, -0.15) is 0 Å². The Morgan fingerprint density at radius 1 is 1.13 bits per heavy atom. The first-order valence-electron chi connectivity index (χ1n) is 7.56. The van der Waals surface area contributed by atoms with Crippen molar-refractivity contribution in [3.63, 3.8) is 0 Å². The molecule has 1 heterocycles. The number of hydrogen-bond donors (Lipinski definition) is 0. The fraction of sp³-hybridized carbons (Fsp3) is 0.211. The van der Waals surface area contributed by atoms with E-state index in [9.17, 15) is 4.79 Å². The summed E-state index contributed by atoms with van der Waals surface area (Å²) < 4.78 is 10.2. The van der Waals surface area contributed by atoms with Gasteiger partial charge in [0.15, 0.2) is 0 Å². The van der Waals surface area contributed by atoms with Gasteiger partial charge in [0.2, 0.25) is 0 Å². The lowest BCUT2D eigenvalue weighted by Crippen LogP contribution is -2.33. The molecule has 118 valence electrons. The van der Waals surface area contributed by atoms with Gasteiger partial charge in [0.25, 0.3) is 5.91 Å². The molecule has 2 aromatic carbocycles. The standard InChI is InChI=1S/C19H19NO3/c1-22-11-9-20(13-15-8-10-23-14-15)19(21)18-7-6-16-4-2-3-5-17(16)12-18/h2-8,10,12,14H,9,11,13H2,1H3. The normalized spacial score (nSPS) is 10.8. The van der Waals surface area contributed by atoms with Crippen LogP contribution < -0.4 is 0 Å². The summed E-state index contributed by atoms with van der Waals surface area (Å²) in [5.74, 6) is -0.00555. The molecule has 0 radical (unpaired) electrons. The number of furan rings is 1. The number of hydrogen-bond acceptors (Lipinski definition) is 3. The highest BCUT2D eigenvalue weighted by atomic mass is 16.5. The van der Waals surface area contributed by atoms with E-state index in [1.807, 2.05) is 48.5 Å². The second-order valence-corrected chi connectivity index (χ2v) is 5.41. The third kappa shape index (κ3) is 3.60. The maximum Gasteiger partial charge on any atom is 0.254 e. The van der Waals surface area contributed by atoms with Gasteiger partial charge < -0.3 is 14.1 Å².